The van der Waals surface area contributed by atoms with Crippen LogP contribution in [-0.2, 0) is 14.3 Å². The Morgan fingerprint density at radius 3 is 2.61 bits per heavy atom. The monoisotopic (exact) mass is 463 g/mol. The molecule has 1 aromatic carbocycles. The van der Waals surface area contributed by atoms with Crippen LogP contribution in [0.25, 0.3) is 6.08 Å². The highest BCUT2D eigenvalue weighted by molar-refractivity contribution is 7.07. The molecule has 0 spiro atoms. The van der Waals surface area contributed by atoms with Crippen molar-refractivity contribution in [3.63, 3.8) is 0 Å². The number of carbonyl (C=O) groups is 2. The highest BCUT2D eigenvalue weighted by Gasteiger charge is 2.33. The molecular weight excluding hydrogens is 442 g/mol. The summed E-state index contributed by atoms with van der Waals surface area (Å²) in [5.41, 5.74) is 1.95. The highest BCUT2D eigenvalue weighted by atomic mass is 32.1. The van der Waals surface area contributed by atoms with Crippen LogP contribution in [0.3, 0.4) is 0 Å². The fraction of sp³-hybridized carbons (Fsp3) is 0.208. The number of pyridine rings is 1. The molecule has 0 radical (unpaired) electrons. The van der Waals surface area contributed by atoms with Crippen molar-refractivity contribution in [3.8, 4) is 5.75 Å². The number of ether oxygens (including phenoxy) is 2. The van der Waals surface area contributed by atoms with Gasteiger partial charge in [0.05, 0.1) is 28.5 Å². The molecule has 1 aliphatic heterocycles. The predicted molar refractivity (Wildman–Crippen MR) is 122 cm³/mol. The van der Waals surface area contributed by atoms with E-state index in [1.807, 2.05) is 6.07 Å². The summed E-state index contributed by atoms with van der Waals surface area (Å²) in [7, 11) is 0. The van der Waals surface area contributed by atoms with Gasteiger partial charge in [-0.05, 0) is 49.2 Å². The molecule has 3 aromatic rings. The molecule has 2 aromatic heterocycles. The Labute approximate surface area is 193 Å². The molecule has 0 saturated heterocycles. The molecule has 0 unspecified atom stereocenters. The van der Waals surface area contributed by atoms with Crippen LogP contribution < -0.4 is 19.6 Å². The molecule has 4 rings (SSSR count). The van der Waals surface area contributed by atoms with E-state index < -0.39 is 18.0 Å². The van der Waals surface area contributed by atoms with E-state index in [2.05, 4.69) is 9.98 Å². The average Bonchev–Trinajstić information content (AvgIpc) is 3.08. The Morgan fingerprint density at radius 2 is 1.97 bits per heavy atom. The summed E-state index contributed by atoms with van der Waals surface area (Å²) in [6, 6.07) is 9.60. The van der Waals surface area contributed by atoms with Gasteiger partial charge >= 0.3 is 11.9 Å². The van der Waals surface area contributed by atoms with E-state index in [-0.39, 0.29) is 17.7 Å². The second kappa shape index (κ2) is 9.33. The molecule has 0 amide bonds. The van der Waals surface area contributed by atoms with Gasteiger partial charge in [-0.2, -0.15) is 0 Å². The molecule has 0 N–H and O–H groups in total. The Kier molecular flexibility index (Phi) is 6.32. The van der Waals surface area contributed by atoms with Crippen LogP contribution in [-0.4, -0.2) is 28.1 Å². The van der Waals surface area contributed by atoms with E-state index >= 15 is 0 Å². The van der Waals surface area contributed by atoms with Gasteiger partial charge in [0.2, 0.25) is 0 Å². The first-order valence-electron chi connectivity index (χ1n) is 10.3. The fourth-order valence-electron chi connectivity index (χ4n) is 3.60. The zero-order chi connectivity index (χ0) is 23.5. The maximum atomic E-state index is 13.5. The van der Waals surface area contributed by atoms with E-state index in [9.17, 15) is 14.4 Å². The first-order valence-corrected chi connectivity index (χ1v) is 11.1. The number of hydrogen-bond donors (Lipinski definition) is 0. The Bertz CT molecular complexity index is 1420. The van der Waals surface area contributed by atoms with Crippen LogP contribution in [0.15, 0.2) is 69.8 Å². The molecular formula is C24H21N3O5S. The second-order valence-electron chi connectivity index (χ2n) is 7.25. The number of nitrogens with zero attached hydrogens (tertiary/aromatic N) is 3. The molecule has 0 aliphatic carbocycles. The standard InChI is InChI=1S/C24H21N3O5S/c1-4-31-23(30)20-14(2)26-24-27(21(20)17-7-9-18(10-8-17)32-15(3)28)22(29)19(33-24)12-16-6-5-11-25-13-16/h5-13,21H,4H2,1-3H3/b19-12+/t21-/m0/s1. The topological polar surface area (TPSA) is 99.9 Å². The van der Waals surface area contributed by atoms with Crippen LogP contribution in [0, 0.1) is 0 Å². The lowest BCUT2D eigenvalue weighted by atomic mass is 9.96. The van der Waals surface area contributed by atoms with Crippen LogP contribution in [0.1, 0.15) is 37.9 Å². The first-order chi connectivity index (χ1) is 15.9. The zero-order valence-corrected chi connectivity index (χ0v) is 19.1. The zero-order valence-electron chi connectivity index (χ0n) is 18.3. The molecule has 168 valence electrons. The molecule has 1 aliphatic rings. The summed E-state index contributed by atoms with van der Waals surface area (Å²) in [5, 5.41) is 0. The number of thiazole rings is 1. The van der Waals surface area contributed by atoms with Crippen LogP contribution in [0.2, 0.25) is 0 Å². The van der Waals surface area contributed by atoms with Gasteiger partial charge in [0.1, 0.15) is 5.75 Å². The summed E-state index contributed by atoms with van der Waals surface area (Å²) >= 11 is 1.24. The van der Waals surface area contributed by atoms with Gasteiger partial charge in [0, 0.05) is 19.3 Å². The Morgan fingerprint density at radius 1 is 1.21 bits per heavy atom. The Hall–Kier alpha value is -3.85. The van der Waals surface area contributed by atoms with Crippen LogP contribution >= 0.6 is 11.3 Å². The molecule has 0 saturated carbocycles. The minimum Gasteiger partial charge on any atom is -0.463 e. The lowest BCUT2D eigenvalue weighted by molar-refractivity contribution is -0.139. The lowest BCUT2D eigenvalue weighted by Gasteiger charge is -2.24. The van der Waals surface area contributed by atoms with Gasteiger partial charge in [0.15, 0.2) is 4.80 Å². The molecule has 9 heteroatoms. The smallest absolute Gasteiger partial charge is 0.338 e. The Balaban J connectivity index is 1.90. The van der Waals surface area contributed by atoms with Gasteiger partial charge in [-0.1, -0.05) is 29.5 Å². The number of rotatable bonds is 5. The van der Waals surface area contributed by atoms with E-state index in [0.717, 1.165) is 5.56 Å². The number of carbonyl (C=O) groups excluding carboxylic acids is 2. The third-order valence-electron chi connectivity index (χ3n) is 4.96. The molecule has 33 heavy (non-hydrogen) atoms. The van der Waals surface area contributed by atoms with Crippen molar-refractivity contribution in [2.75, 3.05) is 6.61 Å². The maximum absolute atomic E-state index is 13.5. The van der Waals surface area contributed by atoms with Crippen molar-refractivity contribution >= 4 is 29.4 Å². The van der Waals surface area contributed by atoms with Crippen LogP contribution in [0.4, 0.5) is 0 Å². The summed E-state index contributed by atoms with van der Waals surface area (Å²) in [4.78, 5) is 46.7. The van der Waals surface area contributed by atoms with E-state index in [4.69, 9.17) is 9.47 Å². The van der Waals surface area contributed by atoms with Crippen molar-refractivity contribution in [3.05, 3.63) is 90.9 Å². The van der Waals surface area contributed by atoms with Gasteiger partial charge < -0.3 is 9.47 Å². The van der Waals surface area contributed by atoms with E-state index in [1.165, 1.54) is 22.8 Å². The van der Waals surface area contributed by atoms with Crippen molar-refractivity contribution in [2.45, 2.75) is 26.8 Å². The SMILES string of the molecule is CCOC(=O)C1=C(C)N=c2s/c(=C/c3cccnc3)c(=O)n2[C@H]1c1ccc(OC(C)=O)cc1. The molecule has 0 fully saturated rings. The third-order valence-corrected chi connectivity index (χ3v) is 5.94. The third kappa shape index (κ3) is 4.54. The minimum atomic E-state index is -0.734. The summed E-state index contributed by atoms with van der Waals surface area (Å²) < 4.78 is 12.4. The van der Waals surface area contributed by atoms with Gasteiger partial charge in [0.25, 0.3) is 5.56 Å². The van der Waals surface area contributed by atoms with Gasteiger partial charge in [-0.3, -0.25) is 19.1 Å². The lowest BCUT2D eigenvalue weighted by Crippen LogP contribution is -2.39. The van der Waals surface area contributed by atoms with E-state index in [0.29, 0.717) is 26.3 Å². The number of benzene rings is 1. The summed E-state index contributed by atoms with van der Waals surface area (Å²) in [6.07, 6.45) is 5.08. The molecule has 8 nitrogen and oxygen atoms in total. The number of hydrogen-bond acceptors (Lipinski definition) is 8. The predicted octanol–water partition coefficient (Wildman–Crippen LogP) is 2.12. The first kappa shape index (κ1) is 22.3. The highest BCUT2D eigenvalue weighted by Crippen LogP contribution is 2.31. The normalized spacial score (nSPS) is 15.6. The largest absolute Gasteiger partial charge is 0.463 e. The number of fused-ring (bicyclic) bond motifs is 1. The van der Waals surface area contributed by atoms with Crippen molar-refractivity contribution in [1.29, 1.82) is 0 Å². The molecule has 1 atom stereocenters. The average molecular weight is 464 g/mol. The maximum Gasteiger partial charge on any atom is 0.338 e. The van der Waals surface area contributed by atoms with Crippen molar-refractivity contribution < 1.29 is 19.1 Å². The fourth-order valence-corrected chi connectivity index (χ4v) is 4.65. The number of allylic oxidation sites excluding steroid dienone is 1. The minimum absolute atomic E-state index is 0.194. The summed E-state index contributed by atoms with van der Waals surface area (Å²) in [6.45, 7) is 4.96. The van der Waals surface area contributed by atoms with Crippen molar-refractivity contribution in [2.24, 2.45) is 4.99 Å². The van der Waals surface area contributed by atoms with Crippen molar-refractivity contribution in [1.82, 2.24) is 9.55 Å². The quantitative estimate of drug-likeness (QED) is 0.425. The molecule has 0 bridgehead atoms. The second-order valence-corrected chi connectivity index (χ2v) is 8.26. The van der Waals surface area contributed by atoms with Crippen LogP contribution in [0.5, 0.6) is 5.75 Å². The molecule has 3 heterocycles. The van der Waals surface area contributed by atoms with Gasteiger partial charge in [-0.25, -0.2) is 9.79 Å². The number of esters is 2. The summed E-state index contributed by atoms with van der Waals surface area (Å²) in [5.74, 6) is -0.600. The number of aromatic nitrogens is 2. The van der Waals surface area contributed by atoms with E-state index in [1.54, 1.807) is 62.6 Å². The van der Waals surface area contributed by atoms with Gasteiger partial charge in [-0.15, -0.1) is 0 Å².